The van der Waals surface area contributed by atoms with Crippen LogP contribution in [0.1, 0.15) is 30.4 Å². The molecule has 1 saturated heterocycles. The molecule has 1 aliphatic rings. The van der Waals surface area contributed by atoms with Gasteiger partial charge >= 0.3 is 0 Å². The molecule has 86 valence electrons. The van der Waals surface area contributed by atoms with E-state index >= 15 is 0 Å². The van der Waals surface area contributed by atoms with Crippen molar-refractivity contribution in [2.45, 2.75) is 31.9 Å². The summed E-state index contributed by atoms with van der Waals surface area (Å²) < 4.78 is 0. The van der Waals surface area contributed by atoms with Crippen molar-refractivity contribution in [3.05, 3.63) is 35.4 Å². The molecule has 2 rings (SSSR count). The average molecular weight is 219 g/mol. The summed E-state index contributed by atoms with van der Waals surface area (Å²) in [5.41, 5.74) is 0.779. The minimum Gasteiger partial charge on any atom is -0.367 e. The summed E-state index contributed by atoms with van der Waals surface area (Å²) in [7, 11) is 1.67. The maximum Gasteiger partial charge on any atom is 0.224 e. The van der Waals surface area contributed by atoms with Crippen LogP contribution < -0.4 is 0 Å². The number of nitrogens with zero attached hydrogens (tertiary/aromatic N) is 1. The summed E-state index contributed by atoms with van der Waals surface area (Å²) in [6.45, 7) is 1.98. The predicted octanol–water partition coefficient (Wildman–Crippen LogP) is 1.78. The van der Waals surface area contributed by atoms with E-state index in [-0.39, 0.29) is 5.91 Å². The zero-order valence-electron chi connectivity index (χ0n) is 9.73. The van der Waals surface area contributed by atoms with Crippen LogP contribution in [0, 0.1) is 6.92 Å². The standard InChI is InChI=1S/C13H17NO2/c1-10-5-3-6-11(9-10)13(16)8-4-7-12(15)14(13)2/h3,5-6,9,16H,4,7-8H2,1-2H3. The quantitative estimate of drug-likeness (QED) is 0.782. The summed E-state index contributed by atoms with van der Waals surface area (Å²) in [5.74, 6) is 0.00950. The molecule has 1 atom stereocenters. The van der Waals surface area contributed by atoms with Gasteiger partial charge in [-0.1, -0.05) is 29.8 Å². The van der Waals surface area contributed by atoms with Gasteiger partial charge in [-0.05, 0) is 13.3 Å². The van der Waals surface area contributed by atoms with Crippen molar-refractivity contribution in [2.75, 3.05) is 7.05 Å². The minimum absolute atomic E-state index is 0.00950. The number of amides is 1. The second-order valence-electron chi connectivity index (χ2n) is 4.49. The topological polar surface area (TPSA) is 40.5 Å². The van der Waals surface area contributed by atoms with Crippen LogP contribution in [0.3, 0.4) is 0 Å². The third-order valence-electron chi connectivity index (χ3n) is 3.33. The Hall–Kier alpha value is -1.35. The van der Waals surface area contributed by atoms with Crippen LogP contribution in [-0.2, 0) is 10.5 Å². The van der Waals surface area contributed by atoms with Gasteiger partial charge in [0.25, 0.3) is 0 Å². The first kappa shape index (κ1) is 11.1. The number of hydrogen-bond donors (Lipinski definition) is 1. The Balaban J connectivity index is 2.40. The molecule has 1 amide bonds. The van der Waals surface area contributed by atoms with Crippen molar-refractivity contribution in [2.24, 2.45) is 0 Å². The van der Waals surface area contributed by atoms with Crippen molar-refractivity contribution in [3.63, 3.8) is 0 Å². The Morgan fingerprint density at radius 1 is 1.44 bits per heavy atom. The van der Waals surface area contributed by atoms with E-state index in [4.69, 9.17) is 0 Å². The van der Waals surface area contributed by atoms with Crippen molar-refractivity contribution in [1.82, 2.24) is 4.90 Å². The summed E-state index contributed by atoms with van der Waals surface area (Å²) in [4.78, 5) is 13.1. The van der Waals surface area contributed by atoms with E-state index in [0.29, 0.717) is 12.8 Å². The van der Waals surface area contributed by atoms with Gasteiger partial charge in [-0.25, -0.2) is 0 Å². The second kappa shape index (κ2) is 3.91. The van der Waals surface area contributed by atoms with E-state index in [1.165, 1.54) is 4.90 Å². The Morgan fingerprint density at radius 3 is 2.88 bits per heavy atom. The molecule has 0 saturated carbocycles. The van der Waals surface area contributed by atoms with Gasteiger partial charge in [0.2, 0.25) is 5.91 Å². The highest BCUT2D eigenvalue weighted by Crippen LogP contribution is 2.34. The van der Waals surface area contributed by atoms with Crippen molar-refractivity contribution in [1.29, 1.82) is 0 Å². The minimum atomic E-state index is -1.12. The maximum atomic E-state index is 11.6. The Bertz CT molecular complexity index is 416. The van der Waals surface area contributed by atoms with Crippen LogP contribution in [0.2, 0.25) is 0 Å². The molecule has 1 N–H and O–H groups in total. The van der Waals surface area contributed by atoms with Crippen LogP contribution in [0.15, 0.2) is 24.3 Å². The molecule has 1 aromatic rings. The lowest BCUT2D eigenvalue weighted by Gasteiger charge is -2.41. The van der Waals surface area contributed by atoms with Crippen LogP contribution in [-0.4, -0.2) is 23.0 Å². The predicted molar refractivity (Wildman–Crippen MR) is 61.7 cm³/mol. The maximum absolute atomic E-state index is 11.6. The van der Waals surface area contributed by atoms with Crippen LogP contribution >= 0.6 is 0 Å². The first-order chi connectivity index (χ1) is 7.54. The van der Waals surface area contributed by atoms with Crippen molar-refractivity contribution < 1.29 is 9.90 Å². The molecule has 3 heteroatoms. The summed E-state index contributed by atoms with van der Waals surface area (Å²) in [5, 5.41) is 10.6. The molecule has 1 heterocycles. The monoisotopic (exact) mass is 219 g/mol. The van der Waals surface area contributed by atoms with E-state index in [1.807, 2.05) is 31.2 Å². The number of piperidine rings is 1. The molecule has 1 unspecified atom stereocenters. The zero-order chi connectivity index (χ0) is 11.8. The number of likely N-dealkylation sites (tertiary alicyclic amines) is 1. The van der Waals surface area contributed by atoms with Gasteiger partial charge in [0.1, 0.15) is 0 Å². The highest BCUT2D eigenvalue weighted by Gasteiger charge is 2.39. The molecular weight excluding hydrogens is 202 g/mol. The number of aliphatic hydroxyl groups is 1. The Morgan fingerprint density at radius 2 is 2.19 bits per heavy atom. The molecule has 0 bridgehead atoms. The van der Waals surface area contributed by atoms with Gasteiger partial charge in [0.15, 0.2) is 5.72 Å². The van der Waals surface area contributed by atoms with Crippen LogP contribution in [0.5, 0.6) is 0 Å². The number of carbonyl (C=O) groups is 1. The van der Waals surface area contributed by atoms with Gasteiger partial charge < -0.3 is 10.0 Å². The lowest BCUT2D eigenvalue weighted by molar-refractivity contribution is -0.168. The fourth-order valence-corrected chi connectivity index (χ4v) is 2.26. The third-order valence-corrected chi connectivity index (χ3v) is 3.33. The van der Waals surface area contributed by atoms with Gasteiger partial charge in [0, 0.05) is 25.5 Å². The third kappa shape index (κ3) is 1.71. The fourth-order valence-electron chi connectivity index (χ4n) is 2.26. The average Bonchev–Trinajstić information content (AvgIpc) is 2.26. The van der Waals surface area contributed by atoms with E-state index in [2.05, 4.69) is 0 Å². The molecule has 0 spiro atoms. The summed E-state index contributed by atoms with van der Waals surface area (Å²) in [6.07, 6.45) is 1.89. The summed E-state index contributed by atoms with van der Waals surface area (Å²) in [6, 6.07) is 7.71. The molecule has 1 aromatic carbocycles. The molecule has 3 nitrogen and oxygen atoms in total. The van der Waals surface area contributed by atoms with E-state index in [1.54, 1.807) is 7.05 Å². The van der Waals surface area contributed by atoms with Gasteiger partial charge in [-0.15, -0.1) is 0 Å². The largest absolute Gasteiger partial charge is 0.367 e. The number of benzene rings is 1. The molecule has 0 aliphatic carbocycles. The van der Waals surface area contributed by atoms with E-state index in [0.717, 1.165) is 17.5 Å². The van der Waals surface area contributed by atoms with E-state index < -0.39 is 5.72 Å². The van der Waals surface area contributed by atoms with Crippen molar-refractivity contribution in [3.8, 4) is 0 Å². The lowest BCUT2D eigenvalue weighted by Crippen LogP contribution is -2.50. The number of carbonyl (C=O) groups excluding carboxylic acids is 1. The zero-order valence-corrected chi connectivity index (χ0v) is 9.73. The number of rotatable bonds is 1. The smallest absolute Gasteiger partial charge is 0.224 e. The molecular formula is C13H17NO2. The normalized spacial score (nSPS) is 25.9. The van der Waals surface area contributed by atoms with Crippen LogP contribution in [0.4, 0.5) is 0 Å². The SMILES string of the molecule is Cc1cccc(C2(O)CCCC(=O)N2C)c1. The Labute approximate surface area is 95.7 Å². The molecule has 0 radical (unpaired) electrons. The number of hydrogen-bond acceptors (Lipinski definition) is 2. The van der Waals surface area contributed by atoms with Gasteiger partial charge in [-0.2, -0.15) is 0 Å². The highest BCUT2D eigenvalue weighted by molar-refractivity contribution is 5.77. The summed E-state index contributed by atoms with van der Waals surface area (Å²) >= 11 is 0. The fraction of sp³-hybridized carbons (Fsp3) is 0.462. The number of aryl methyl sites for hydroxylation is 1. The molecule has 16 heavy (non-hydrogen) atoms. The Kier molecular flexibility index (Phi) is 2.72. The molecule has 1 fully saturated rings. The second-order valence-corrected chi connectivity index (χ2v) is 4.49. The highest BCUT2D eigenvalue weighted by atomic mass is 16.3. The van der Waals surface area contributed by atoms with Crippen molar-refractivity contribution >= 4 is 5.91 Å². The van der Waals surface area contributed by atoms with Gasteiger partial charge in [-0.3, -0.25) is 4.79 Å². The first-order valence-electron chi connectivity index (χ1n) is 5.60. The molecule has 0 aromatic heterocycles. The first-order valence-corrected chi connectivity index (χ1v) is 5.60. The van der Waals surface area contributed by atoms with Gasteiger partial charge in [0.05, 0.1) is 0 Å². The van der Waals surface area contributed by atoms with Crippen LogP contribution in [0.25, 0.3) is 0 Å². The molecule has 1 aliphatic heterocycles. The lowest BCUT2D eigenvalue weighted by atomic mass is 9.90. The van der Waals surface area contributed by atoms with E-state index in [9.17, 15) is 9.90 Å².